The van der Waals surface area contributed by atoms with Crippen LogP contribution in [-0.4, -0.2) is 0 Å². The Hall–Kier alpha value is -3.25. The Labute approximate surface area is 212 Å². The SMILES string of the molecule is Cc1ccc(P(=S)(c2ccc(C)c3ccccc23)c2ccc(C)c3ccccc23)c2ccccc12. The molecule has 35 heavy (non-hydrogen) atoms. The smallest absolute Gasteiger partial charge is 0.0397 e. The molecular formula is C33H27PS. The predicted molar refractivity (Wildman–Crippen MR) is 159 cm³/mol. The first-order valence-corrected chi connectivity index (χ1v) is 14.9. The maximum atomic E-state index is 7.02. The van der Waals surface area contributed by atoms with Crippen molar-refractivity contribution in [2.24, 2.45) is 0 Å². The average molecular weight is 487 g/mol. The molecule has 0 aliphatic rings. The lowest BCUT2D eigenvalue weighted by atomic mass is 10.1. The van der Waals surface area contributed by atoms with Gasteiger partial charge in [-0.15, -0.1) is 0 Å². The Kier molecular flexibility index (Phi) is 5.37. The average Bonchev–Trinajstić information content (AvgIpc) is 2.89. The van der Waals surface area contributed by atoms with Gasteiger partial charge in [-0.2, -0.15) is 0 Å². The van der Waals surface area contributed by atoms with Crippen LogP contribution in [0.4, 0.5) is 0 Å². The van der Waals surface area contributed by atoms with Gasteiger partial charge in [-0.3, -0.25) is 0 Å². The first-order chi connectivity index (χ1) is 17.0. The third-order valence-corrected chi connectivity index (χ3v) is 12.4. The van der Waals surface area contributed by atoms with Crippen LogP contribution in [0, 0.1) is 20.8 Å². The summed E-state index contributed by atoms with van der Waals surface area (Å²) in [4.78, 5) is 0. The van der Waals surface area contributed by atoms with Gasteiger partial charge in [0.25, 0.3) is 0 Å². The number of aryl methyl sites for hydroxylation is 3. The summed E-state index contributed by atoms with van der Waals surface area (Å²) in [6.07, 6.45) is 0. The summed E-state index contributed by atoms with van der Waals surface area (Å²) >= 11 is 7.02. The van der Waals surface area contributed by atoms with Gasteiger partial charge in [0.1, 0.15) is 0 Å². The van der Waals surface area contributed by atoms with E-state index in [0.717, 1.165) is 0 Å². The van der Waals surface area contributed by atoms with E-state index in [9.17, 15) is 0 Å². The van der Waals surface area contributed by atoms with Crippen molar-refractivity contribution in [3.63, 3.8) is 0 Å². The van der Waals surface area contributed by atoms with Crippen molar-refractivity contribution >= 4 is 66.1 Å². The fraction of sp³-hybridized carbons (Fsp3) is 0.0909. The minimum absolute atomic E-state index is 1.27. The molecule has 170 valence electrons. The molecule has 0 radical (unpaired) electrons. The van der Waals surface area contributed by atoms with E-state index in [2.05, 4.69) is 130 Å². The molecule has 0 aliphatic heterocycles. The van der Waals surface area contributed by atoms with Gasteiger partial charge >= 0.3 is 0 Å². The lowest BCUT2D eigenvalue weighted by molar-refractivity contribution is 1.54. The van der Waals surface area contributed by atoms with Crippen LogP contribution >= 0.6 is 6.04 Å². The Bertz CT molecular complexity index is 1600. The number of benzene rings is 6. The summed E-state index contributed by atoms with van der Waals surface area (Å²) in [6, 6.07) is 37.5. The van der Waals surface area contributed by atoms with Gasteiger partial charge in [-0.25, -0.2) is 0 Å². The predicted octanol–water partition coefficient (Wildman–Crippen LogP) is 7.83. The van der Waals surface area contributed by atoms with Crippen molar-refractivity contribution < 1.29 is 0 Å². The topological polar surface area (TPSA) is 0 Å². The molecule has 0 saturated heterocycles. The number of fused-ring (bicyclic) bond motifs is 3. The highest BCUT2D eigenvalue weighted by Gasteiger charge is 2.30. The van der Waals surface area contributed by atoms with Crippen LogP contribution in [0.25, 0.3) is 32.3 Å². The van der Waals surface area contributed by atoms with Gasteiger partial charge in [-0.1, -0.05) is 121 Å². The first kappa shape index (κ1) is 22.2. The number of hydrogen-bond donors (Lipinski definition) is 0. The zero-order chi connectivity index (χ0) is 24.2. The van der Waals surface area contributed by atoms with E-state index in [1.54, 1.807) is 0 Å². The quantitative estimate of drug-likeness (QED) is 0.230. The lowest BCUT2D eigenvalue weighted by Crippen LogP contribution is -2.27. The third kappa shape index (κ3) is 3.38. The third-order valence-electron chi connectivity index (χ3n) is 7.37. The van der Waals surface area contributed by atoms with Gasteiger partial charge in [0.15, 0.2) is 0 Å². The van der Waals surface area contributed by atoms with Crippen molar-refractivity contribution in [1.29, 1.82) is 0 Å². The van der Waals surface area contributed by atoms with E-state index >= 15 is 0 Å². The van der Waals surface area contributed by atoms with Crippen LogP contribution in [-0.2, 0) is 11.8 Å². The summed E-state index contributed by atoms with van der Waals surface area (Å²) in [5, 5.41) is 11.5. The molecule has 0 aromatic heterocycles. The summed E-state index contributed by atoms with van der Waals surface area (Å²) < 4.78 is 0. The summed E-state index contributed by atoms with van der Waals surface area (Å²) in [5.74, 6) is 0. The van der Waals surface area contributed by atoms with E-state index in [-0.39, 0.29) is 0 Å². The van der Waals surface area contributed by atoms with E-state index in [1.807, 2.05) is 0 Å². The van der Waals surface area contributed by atoms with Gasteiger partial charge < -0.3 is 0 Å². The molecule has 6 aromatic carbocycles. The maximum Gasteiger partial charge on any atom is 0.0397 e. The molecule has 0 heterocycles. The first-order valence-electron chi connectivity index (χ1n) is 12.1. The molecule has 2 heteroatoms. The van der Waals surface area contributed by atoms with Crippen molar-refractivity contribution in [2.75, 3.05) is 0 Å². The Morgan fingerprint density at radius 1 is 0.371 bits per heavy atom. The summed E-state index contributed by atoms with van der Waals surface area (Å²) in [5.41, 5.74) is 3.86. The van der Waals surface area contributed by atoms with Crippen molar-refractivity contribution in [3.8, 4) is 0 Å². The normalized spacial score (nSPS) is 12.0. The Morgan fingerprint density at radius 2 is 0.629 bits per heavy atom. The molecule has 0 nitrogen and oxygen atoms in total. The van der Waals surface area contributed by atoms with Crippen molar-refractivity contribution in [1.82, 2.24) is 0 Å². The molecular weight excluding hydrogens is 459 g/mol. The minimum Gasteiger partial charge on any atom is -0.0825 e. The Morgan fingerprint density at radius 3 is 0.914 bits per heavy atom. The second-order valence-corrected chi connectivity index (χ2v) is 13.8. The largest absolute Gasteiger partial charge is 0.0825 e. The fourth-order valence-corrected chi connectivity index (χ4v) is 10.2. The Balaban J connectivity index is 1.84. The standard InChI is InChI=1S/C33H27PS/c1-22-16-19-31(28-13-7-4-10-25(22)28)34(35,32-20-17-23(2)26-11-5-8-14-29(26)32)33-21-18-24(3)27-12-6-9-15-30(27)33/h4-21H,1-3H3. The molecule has 0 atom stereocenters. The highest BCUT2D eigenvalue weighted by Crippen LogP contribution is 2.49. The van der Waals surface area contributed by atoms with E-state index in [1.165, 1.54) is 64.9 Å². The molecule has 6 aromatic rings. The molecule has 0 unspecified atom stereocenters. The van der Waals surface area contributed by atoms with Gasteiger partial charge in [0.05, 0.1) is 0 Å². The monoisotopic (exact) mass is 486 g/mol. The number of rotatable bonds is 3. The van der Waals surface area contributed by atoms with Gasteiger partial charge in [0.2, 0.25) is 0 Å². The molecule has 0 saturated carbocycles. The zero-order valence-electron chi connectivity index (χ0n) is 20.2. The van der Waals surface area contributed by atoms with Crippen LogP contribution in [0.1, 0.15) is 16.7 Å². The molecule has 0 amide bonds. The van der Waals surface area contributed by atoms with Crippen LogP contribution < -0.4 is 15.9 Å². The van der Waals surface area contributed by atoms with Gasteiger partial charge in [-0.05, 0) is 69.8 Å². The zero-order valence-corrected chi connectivity index (χ0v) is 22.0. The minimum atomic E-state index is -2.44. The molecule has 0 fully saturated rings. The van der Waals surface area contributed by atoms with Gasteiger partial charge in [0, 0.05) is 22.0 Å². The lowest BCUT2D eigenvalue weighted by Gasteiger charge is -2.29. The highest BCUT2D eigenvalue weighted by molar-refractivity contribution is 8.26. The van der Waals surface area contributed by atoms with Crippen LogP contribution in [0.2, 0.25) is 0 Å². The molecule has 6 rings (SSSR count). The molecule has 0 bridgehead atoms. The van der Waals surface area contributed by atoms with E-state index in [0.29, 0.717) is 0 Å². The summed E-state index contributed by atoms with van der Waals surface area (Å²) in [7, 11) is 0. The van der Waals surface area contributed by atoms with E-state index < -0.39 is 6.04 Å². The van der Waals surface area contributed by atoms with Crippen molar-refractivity contribution in [3.05, 3.63) is 126 Å². The van der Waals surface area contributed by atoms with Crippen LogP contribution in [0.3, 0.4) is 0 Å². The maximum absolute atomic E-state index is 7.02. The fourth-order valence-electron chi connectivity index (χ4n) is 5.51. The molecule has 0 spiro atoms. The van der Waals surface area contributed by atoms with Crippen LogP contribution in [0.5, 0.6) is 0 Å². The second-order valence-electron chi connectivity index (χ2n) is 9.45. The molecule has 0 aliphatic carbocycles. The van der Waals surface area contributed by atoms with Crippen molar-refractivity contribution in [2.45, 2.75) is 20.8 Å². The second kappa shape index (κ2) is 8.45. The highest BCUT2D eigenvalue weighted by atomic mass is 32.4. The summed E-state index contributed by atoms with van der Waals surface area (Å²) in [6.45, 7) is 6.58. The van der Waals surface area contributed by atoms with Crippen LogP contribution in [0.15, 0.2) is 109 Å². The number of hydrogen-bond acceptors (Lipinski definition) is 1. The molecule has 0 N–H and O–H groups in total. The van der Waals surface area contributed by atoms with E-state index in [4.69, 9.17) is 11.8 Å².